The lowest BCUT2D eigenvalue weighted by atomic mass is 10.1. The minimum atomic E-state index is -0.638. The maximum atomic E-state index is 11.5. The van der Waals surface area contributed by atoms with E-state index in [1.165, 1.54) is 5.56 Å². The van der Waals surface area contributed by atoms with Crippen LogP contribution in [0.15, 0.2) is 36.5 Å². The molecule has 2 heterocycles. The molecule has 1 aromatic carbocycles. The SMILES string of the molecule is O=S1CCC(n2c(-c3ccccc3)c[nH]c2=S)CC1. The predicted octanol–water partition coefficient (Wildman–Crippen LogP) is 3.30. The summed E-state index contributed by atoms with van der Waals surface area (Å²) < 4.78 is 14.4. The Labute approximate surface area is 120 Å². The van der Waals surface area contributed by atoms with Gasteiger partial charge in [-0.3, -0.25) is 4.21 Å². The van der Waals surface area contributed by atoms with Gasteiger partial charge < -0.3 is 9.55 Å². The van der Waals surface area contributed by atoms with Crippen molar-refractivity contribution >= 4 is 23.0 Å². The number of rotatable bonds is 2. The highest BCUT2D eigenvalue weighted by Crippen LogP contribution is 2.29. The Balaban J connectivity index is 2.00. The molecular weight excluding hydrogens is 276 g/mol. The fraction of sp³-hybridized carbons (Fsp3) is 0.357. The molecule has 1 N–H and O–H groups in total. The van der Waals surface area contributed by atoms with Crippen LogP contribution < -0.4 is 0 Å². The van der Waals surface area contributed by atoms with Crippen molar-refractivity contribution in [1.82, 2.24) is 9.55 Å². The number of aromatic amines is 1. The van der Waals surface area contributed by atoms with Crippen LogP contribution in [-0.4, -0.2) is 25.3 Å². The third-order valence-electron chi connectivity index (χ3n) is 3.60. The van der Waals surface area contributed by atoms with Gasteiger partial charge in [0.2, 0.25) is 0 Å². The van der Waals surface area contributed by atoms with E-state index in [4.69, 9.17) is 12.2 Å². The van der Waals surface area contributed by atoms with E-state index in [0.29, 0.717) is 6.04 Å². The summed E-state index contributed by atoms with van der Waals surface area (Å²) in [6.45, 7) is 0. The molecule has 19 heavy (non-hydrogen) atoms. The van der Waals surface area contributed by atoms with Gasteiger partial charge in [-0.2, -0.15) is 0 Å². The Kier molecular flexibility index (Phi) is 3.66. The third-order valence-corrected chi connectivity index (χ3v) is 5.30. The Hall–Kier alpha value is -1.20. The van der Waals surface area contributed by atoms with Crippen molar-refractivity contribution in [1.29, 1.82) is 0 Å². The number of imidazole rings is 1. The quantitative estimate of drug-likeness (QED) is 0.862. The molecule has 0 saturated carbocycles. The zero-order chi connectivity index (χ0) is 13.2. The molecule has 2 aromatic rings. The van der Waals surface area contributed by atoms with Crippen molar-refractivity contribution in [3.05, 3.63) is 41.3 Å². The fourth-order valence-corrected chi connectivity index (χ4v) is 4.19. The Bertz CT molecular complexity index is 635. The Morgan fingerprint density at radius 1 is 1.21 bits per heavy atom. The average molecular weight is 292 g/mol. The minimum Gasteiger partial charge on any atom is -0.337 e. The van der Waals surface area contributed by atoms with Crippen LogP contribution in [0.5, 0.6) is 0 Å². The zero-order valence-electron chi connectivity index (χ0n) is 10.5. The van der Waals surface area contributed by atoms with E-state index < -0.39 is 10.8 Å². The standard InChI is InChI=1S/C14H16N2OS2/c17-19-8-6-12(7-9-19)16-13(10-15-14(16)18)11-4-2-1-3-5-11/h1-5,10,12H,6-9H2,(H,15,18). The Morgan fingerprint density at radius 3 is 2.58 bits per heavy atom. The molecule has 0 unspecified atom stereocenters. The van der Waals surface area contributed by atoms with Gasteiger partial charge in [-0.1, -0.05) is 30.3 Å². The molecule has 100 valence electrons. The number of hydrogen-bond donors (Lipinski definition) is 1. The summed E-state index contributed by atoms with van der Waals surface area (Å²) in [5.41, 5.74) is 2.30. The lowest BCUT2D eigenvalue weighted by molar-refractivity contribution is 0.461. The van der Waals surface area contributed by atoms with Crippen molar-refractivity contribution in [3.8, 4) is 11.3 Å². The van der Waals surface area contributed by atoms with Gasteiger partial charge in [0.1, 0.15) is 0 Å². The number of H-pyrrole nitrogens is 1. The lowest BCUT2D eigenvalue weighted by Gasteiger charge is -2.24. The van der Waals surface area contributed by atoms with Crippen LogP contribution in [0, 0.1) is 4.77 Å². The number of benzene rings is 1. The molecule has 5 heteroatoms. The number of nitrogens with zero attached hydrogens (tertiary/aromatic N) is 1. The fourth-order valence-electron chi connectivity index (χ4n) is 2.61. The number of hydrogen-bond acceptors (Lipinski definition) is 2. The molecule has 0 amide bonds. The molecule has 0 spiro atoms. The normalized spacial score (nSPS) is 23.4. The van der Waals surface area contributed by atoms with Crippen LogP contribution in [0.25, 0.3) is 11.3 Å². The van der Waals surface area contributed by atoms with Crippen LogP contribution in [0.2, 0.25) is 0 Å². The van der Waals surface area contributed by atoms with Crippen molar-refractivity contribution in [2.24, 2.45) is 0 Å². The lowest BCUT2D eigenvalue weighted by Crippen LogP contribution is -2.22. The maximum absolute atomic E-state index is 11.5. The van der Waals surface area contributed by atoms with Gasteiger partial charge in [-0.25, -0.2) is 0 Å². The van der Waals surface area contributed by atoms with Crippen LogP contribution in [0.3, 0.4) is 0 Å². The third kappa shape index (κ3) is 2.58. The molecule has 0 radical (unpaired) electrons. The molecular formula is C14H16N2OS2. The molecule has 1 saturated heterocycles. The van der Waals surface area contributed by atoms with E-state index in [1.807, 2.05) is 24.4 Å². The van der Waals surface area contributed by atoms with Crippen LogP contribution in [-0.2, 0) is 10.8 Å². The van der Waals surface area contributed by atoms with Crippen LogP contribution in [0.1, 0.15) is 18.9 Å². The molecule has 0 aliphatic carbocycles. The van der Waals surface area contributed by atoms with E-state index in [0.717, 1.165) is 34.8 Å². The monoisotopic (exact) mass is 292 g/mol. The van der Waals surface area contributed by atoms with Gasteiger partial charge in [-0.15, -0.1) is 0 Å². The highest BCUT2D eigenvalue weighted by molar-refractivity contribution is 7.85. The van der Waals surface area contributed by atoms with Crippen molar-refractivity contribution < 1.29 is 4.21 Å². The van der Waals surface area contributed by atoms with E-state index in [9.17, 15) is 4.21 Å². The number of aromatic nitrogens is 2. The maximum Gasteiger partial charge on any atom is 0.177 e. The van der Waals surface area contributed by atoms with Crippen LogP contribution in [0.4, 0.5) is 0 Å². The molecule has 1 aliphatic rings. The summed E-state index contributed by atoms with van der Waals surface area (Å²) in [4.78, 5) is 3.15. The van der Waals surface area contributed by atoms with E-state index >= 15 is 0 Å². The molecule has 0 bridgehead atoms. The molecule has 3 rings (SSSR count). The second kappa shape index (κ2) is 5.43. The van der Waals surface area contributed by atoms with Crippen molar-refractivity contribution in [2.45, 2.75) is 18.9 Å². The van der Waals surface area contributed by atoms with Gasteiger partial charge in [0.25, 0.3) is 0 Å². The van der Waals surface area contributed by atoms with Gasteiger partial charge in [-0.05, 0) is 30.6 Å². The first kappa shape index (κ1) is 12.8. The van der Waals surface area contributed by atoms with Crippen molar-refractivity contribution in [3.63, 3.8) is 0 Å². The van der Waals surface area contributed by atoms with Crippen molar-refractivity contribution in [2.75, 3.05) is 11.5 Å². The summed E-state index contributed by atoms with van der Waals surface area (Å²) >= 11 is 5.41. The molecule has 1 aliphatic heterocycles. The largest absolute Gasteiger partial charge is 0.337 e. The summed E-state index contributed by atoms with van der Waals surface area (Å²) in [6, 6.07) is 10.6. The first-order valence-electron chi connectivity index (χ1n) is 6.46. The second-order valence-electron chi connectivity index (χ2n) is 4.79. The first-order valence-corrected chi connectivity index (χ1v) is 8.35. The summed E-state index contributed by atoms with van der Waals surface area (Å²) in [6.07, 6.45) is 3.86. The highest BCUT2D eigenvalue weighted by Gasteiger charge is 2.22. The van der Waals surface area contributed by atoms with Gasteiger partial charge in [0, 0.05) is 34.5 Å². The van der Waals surface area contributed by atoms with Gasteiger partial charge >= 0.3 is 0 Å². The smallest absolute Gasteiger partial charge is 0.177 e. The average Bonchev–Trinajstić information content (AvgIpc) is 2.83. The second-order valence-corrected chi connectivity index (χ2v) is 6.88. The van der Waals surface area contributed by atoms with E-state index in [1.54, 1.807) is 0 Å². The summed E-state index contributed by atoms with van der Waals surface area (Å²) in [7, 11) is -0.638. The molecule has 0 atom stereocenters. The summed E-state index contributed by atoms with van der Waals surface area (Å²) in [5, 5.41) is 0. The minimum absolute atomic E-state index is 0.367. The highest BCUT2D eigenvalue weighted by atomic mass is 32.2. The van der Waals surface area contributed by atoms with E-state index in [-0.39, 0.29) is 0 Å². The molecule has 1 aromatic heterocycles. The Morgan fingerprint density at radius 2 is 1.89 bits per heavy atom. The zero-order valence-corrected chi connectivity index (χ0v) is 12.2. The predicted molar refractivity (Wildman–Crippen MR) is 81.2 cm³/mol. The van der Waals surface area contributed by atoms with E-state index in [2.05, 4.69) is 21.7 Å². The molecule has 3 nitrogen and oxygen atoms in total. The number of nitrogens with one attached hydrogen (secondary N) is 1. The van der Waals surface area contributed by atoms with Gasteiger partial charge in [0.15, 0.2) is 4.77 Å². The first-order chi connectivity index (χ1) is 9.25. The summed E-state index contributed by atoms with van der Waals surface area (Å²) in [5.74, 6) is 1.57. The van der Waals surface area contributed by atoms with Gasteiger partial charge in [0.05, 0.1) is 5.69 Å². The van der Waals surface area contributed by atoms with Crippen LogP contribution >= 0.6 is 12.2 Å². The topological polar surface area (TPSA) is 37.8 Å². The molecule has 1 fully saturated rings.